The van der Waals surface area contributed by atoms with Crippen LogP contribution < -0.4 is 9.47 Å². The molecule has 0 aliphatic carbocycles. The van der Waals surface area contributed by atoms with Crippen LogP contribution in [0.15, 0.2) is 23.4 Å². The largest absolute Gasteiger partial charge is 0.494 e. The van der Waals surface area contributed by atoms with E-state index in [0.29, 0.717) is 29.0 Å². The van der Waals surface area contributed by atoms with Crippen molar-refractivity contribution in [3.8, 4) is 17.2 Å². The van der Waals surface area contributed by atoms with Gasteiger partial charge >= 0.3 is 0 Å². The second-order valence-electron chi connectivity index (χ2n) is 5.57. The summed E-state index contributed by atoms with van der Waals surface area (Å²) in [7, 11) is 3.25. The first-order valence-electron chi connectivity index (χ1n) is 8.74. The number of unbranched alkanes of at least 4 members (excludes halogenated alkanes) is 1. The molecule has 0 amide bonds. The third-order valence-corrected chi connectivity index (χ3v) is 4.77. The van der Waals surface area contributed by atoms with E-state index in [1.54, 1.807) is 14.2 Å². The number of benzene rings is 1. The van der Waals surface area contributed by atoms with Gasteiger partial charge in [-0.15, -0.1) is 10.2 Å². The molecule has 1 aromatic carbocycles. The van der Waals surface area contributed by atoms with Crippen molar-refractivity contribution < 1.29 is 19.3 Å². The van der Waals surface area contributed by atoms with Crippen LogP contribution in [0.2, 0.25) is 0 Å². The normalized spacial score (nSPS) is 12.2. The Kier molecular flexibility index (Phi) is 8.21. The van der Waals surface area contributed by atoms with Crippen molar-refractivity contribution in [3.63, 3.8) is 0 Å². The summed E-state index contributed by atoms with van der Waals surface area (Å²) in [5, 5.41) is 19.2. The van der Waals surface area contributed by atoms with E-state index >= 15 is 0 Å². The minimum absolute atomic E-state index is 0.358. The predicted octanol–water partition coefficient (Wildman–Crippen LogP) is 3.07. The summed E-state index contributed by atoms with van der Waals surface area (Å²) < 4.78 is 18.3. The Balaban J connectivity index is 2.45. The predicted molar refractivity (Wildman–Crippen MR) is 101 cm³/mol. The Hall–Kier alpha value is -1.77. The van der Waals surface area contributed by atoms with Gasteiger partial charge in [-0.05, 0) is 25.5 Å². The number of aromatic nitrogens is 3. The number of methoxy groups -OCH3 is 2. The van der Waals surface area contributed by atoms with Gasteiger partial charge in [-0.1, -0.05) is 31.2 Å². The molecule has 0 fully saturated rings. The summed E-state index contributed by atoms with van der Waals surface area (Å²) in [6.07, 6.45) is 2.00. The molecule has 1 heterocycles. The highest BCUT2D eigenvalue weighted by Gasteiger charge is 2.22. The Bertz CT molecular complexity index is 671. The molecule has 7 nitrogen and oxygen atoms in total. The number of para-hydroxylation sites is 1. The number of rotatable bonds is 11. The number of aliphatic hydroxyl groups is 1. The summed E-state index contributed by atoms with van der Waals surface area (Å²) >= 11 is 1.39. The molecule has 1 unspecified atom stereocenters. The highest BCUT2D eigenvalue weighted by molar-refractivity contribution is 7.99. The van der Waals surface area contributed by atoms with Crippen molar-refractivity contribution in [2.24, 2.45) is 0 Å². The Morgan fingerprint density at radius 1 is 1.15 bits per heavy atom. The second kappa shape index (κ2) is 10.4. The van der Waals surface area contributed by atoms with Crippen molar-refractivity contribution in [1.29, 1.82) is 0 Å². The van der Waals surface area contributed by atoms with E-state index in [0.717, 1.165) is 30.8 Å². The maximum Gasteiger partial charge on any atom is 0.196 e. The fourth-order valence-electron chi connectivity index (χ4n) is 2.55. The fraction of sp³-hybridized carbons (Fsp3) is 0.556. The zero-order valence-electron chi connectivity index (χ0n) is 15.8. The van der Waals surface area contributed by atoms with Crippen LogP contribution in [0.3, 0.4) is 0 Å². The van der Waals surface area contributed by atoms with Gasteiger partial charge in [0.25, 0.3) is 0 Å². The van der Waals surface area contributed by atoms with Crippen molar-refractivity contribution >= 4 is 11.8 Å². The lowest BCUT2D eigenvalue weighted by Gasteiger charge is -2.17. The van der Waals surface area contributed by atoms with Crippen LogP contribution in [-0.2, 0) is 11.2 Å². The molecular formula is C18H27N3O4S. The quantitative estimate of drug-likeness (QED) is 0.473. The van der Waals surface area contributed by atoms with Gasteiger partial charge < -0.3 is 19.3 Å². The molecule has 0 aliphatic rings. The third kappa shape index (κ3) is 4.90. The monoisotopic (exact) mass is 381 g/mol. The second-order valence-corrected chi connectivity index (χ2v) is 6.56. The molecule has 8 heteroatoms. The maximum atomic E-state index is 9.87. The van der Waals surface area contributed by atoms with Crippen molar-refractivity contribution in [1.82, 2.24) is 14.8 Å². The number of hydrogen-bond acceptors (Lipinski definition) is 7. The highest BCUT2D eigenvalue weighted by atomic mass is 32.2. The SMILES string of the molecule is CCCCc1nnc(SCC(O)OCC)n1-c1c(OC)cccc1OC. The summed E-state index contributed by atoms with van der Waals surface area (Å²) in [4.78, 5) is 0. The molecule has 0 saturated carbocycles. The molecule has 1 N–H and O–H groups in total. The minimum atomic E-state index is -0.853. The van der Waals surface area contributed by atoms with Crippen LogP contribution in [0.1, 0.15) is 32.5 Å². The molecule has 0 bridgehead atoms. The number of aryl methyl sites for hydroxylation is 1. The lowest BCUT2D eigenvalue weighted by Crippen LogP contribution is -2.15. The molecular weight excluding hydrogens is 354 g/mol. The Morgan fingerprint density at radius 3 is 2.42 bits per heavy atom. The van der Waals surface area contributed by atoms with Gasteiger partial charge in [-0.25, -0.2) is 0 Å². The van der Waals surface area contributed by atoms with Crippen LogP contribution in [0, 0.1) is 0 Å². The van der Waals surface area contributed by atoms with E-state index in [1.165, 1.54) is 11.8 Å². The molecule has 0 saturated heterocycles. The van der Waals surface area contributed by atoms with Gasteiger partial charge in [0, 0.05) is 13.0 Å². The van der Waals surface area contributed by atoms with Crippen molar-refractivity contribution in [3.05, 3.63) is 24.0 Å². The number of nitrogens with zero attached hydrogens (tertiary/aromatic N) is 3. The van der Waals surface area contributed by atoms with Gasteiger partial charge in [-0.2, -0.15) is 0 Å². The van der Waals surface area contributed by atoms with E-state index in [9.17, 15) is 5.11 Å². The lowest BCUT2D eigenvalue weighted by atomic mass is 10.2. The average molecular weight is 381 g/mol. The average Bonchev–Trinajstić information content (AvgIpc) is 3.06. The molecule has 1 aromatic heterocycles. The zero-order valence-corrected chi connectivity index (χ0v) is 16.6. The molecule has 0 aliphatic heterocycles. The fourth-order valence-corrected chi connectivity index (χ4v) is 3.37. The van der Waals surface area contributed by atoms with E-state index in [2.05, 4.69) is 17.1 Å². The van der Waals surface area contributed by atoms with Crippen LogP contribution in [0.4, 0.5) is 0 Å². The van der Waals surface area contributed by atoms with Crippen LogP contribution >= 0.6 is 11.8 Å². The molecule has 1 atom stereocenters. The van der Waals surface area contributed by atoms with Crippen LogP contribution in [0.5, 0.6) is 11.5 Å². The summed E-state index contributed by atoms with van der Waals surface area (Å²) in [5.74, 6) is 2.54. The summed E-state index contributed by atoms with van der Waals surface area (Å²) in [5.41, 5.74) is 0.766. The highest BCUT2D eigenvalue weighted by Crippen LogP contribution is 2.36. The van der Waals surface area contributed by atoms with Crippen molar-refractivity contribution in [2.45, 2.75) is 44.6 Å². The maximum absolute atomic E-state index is 9.87. The van der Waals surface area contributed by atoms with E-state index in [-0.39, 0.29) is 0 Å². The van der Waals surface area contributed by atoms with E-state index in [4.69, 9.17) is 14.2 Å². The third-order valence-electron chi connectivity index (χ3n) is 3.79. The minimum Gasteiger partial charge on any atom is -0.494 e. The molecule has 0 spiro atoms. The zero-order chi connectivity index (χ0) is 18.9. The first-order valence-corrected chi connectivity index (χ1v) is 9.72. The number of aliphatic hydroxyl groups excluding tert-OH is 1. The smallest absolute Gasteiger partial charge is 0.196 e. The van der Waals surface area contributed by atoms with Gasteiger partial charge in [0.05, 0.1) is 20.0 Å². The molecule has 26 heavy (non-hydrogen) atoms. The van der Waals surface area contributed by atoms with E-state index in [1.807, 2.05) is 29.7 Å². The van der Waals surface area contributed by atoms with Gasteiger partial charge in [-0.3, -0.25) is 4.57 Å². The Labute approximate surface area is 158 Å². The topological polar surface area (TPSA) is 78.6 Å². The van der Waals surface area contributed by atoms with Gasteiger partial charge in [0.2, 0.25) is 0 Å². The number of ether oxygens (including phenoxy) is 3. The molecule has 2 aromatic rings. The molecule has 144 valence electrons. The van der Waals surface area contributed by atoms with Crippen molar-refractivity contribution in [2.75, 3.05) is 26.6 Å². The Morgan fingerprint density at radius 2 is 1.85 bits per heavy atom. The number of thioether (sulfide) groups is 1. The lowest BCUT2D eigenvalue weighted by molar-refractivity contribution is -0.0765. The van der Waals surface area contributed by atoms with Crippen LogP contribution in [0.25, 0.3) is 5.69 Å². The summed E-state index contributed by atoms with van der Waals surface area (Å²) in [6, 6.07) is 5.64. The molecule has 0 radical (unpaired) electrons. The summed E-state index contributed by atoms with van der Waals surface area (Å²) in [6.45, 7) is 4.44. The first kappa shape index (κ1) is 20.5. The number of hydrogen-bond donors (Lipinski definition) is 1. The van der Waals surface area contributed by atoms with Crippen LogP contribution in [-0.4, -0.2) is 52.7 Å². The molecule has 2 rings (SSSR count). The first-order chi connectivity index (χ1) is 12.7. The standard InChI is InChI=1S/C18H27N3O4S/c1-5-7-11-15-19-20-18(26-12-16(22)25-6-2)21(15)17-13(23-3)9-8-10-14(17)24-4/h8-10,16,22H,5-7,11-12H2,1-4H3. The van der Waals surface area contributed by atoms with Gasteiger partial charge in [0.15, 0.2) is 11.4 Å². The van der Waals surface area contributed by atoms with E-state index < -0.39 is 6.29 Å². The van der Waals surface area contributed by atoms with Gasteiger partial charge in [0.1, 0.15) is 23.0 Å².